The van der Waals surface area contributed by atoms with Crippen molar-refractivity contribution in [3.63, 3.8) is 0 Å². The molecule has 0 bridgehead atoms. The van der Waals surface area contributed by atoms with Gasteiger partial charge in [0.05, 0.1) is 30.2 Å². The van der Waals surface area contributed by atoms with Gasteiger partial charge in [0.1, 0.15) is 0 Å². The average molecular weight is 324 g/mol. The fourth-order valence-corrected chi connectivity index (χ4v) is 3.88. The number of carbonyl (C=O) groups is 1. The summed E-state index contributed by atoms with van der Waals surface area (Å²) in [4.78, 5) is 21.6. The lowest BCUT2D eigenvalue weighted by Gasteiger charge is -2.36. The molecule has 0 atom stereocenters. The second kappa shape index (κ2) is 5.78. The SMILES string of the molecule is O=C1NC2(CCC(c3ccccc3)CC2)CN1c1cnc(O)nc1. The zero-order valence-electron chi connectivity index (χ0n) is 13.4. The third kappa shape index (κ3) is 2.68. The maximum Gasteiger partial charge on any atom is 0.322 e. The first-order chi connectivity index (χ1) is 11.7. The van der Waals surface area contributed by atoms with Gasteiger partial charge >= 0.3 is 12.0 Å². The highest BCUT2D eigenvalue weighted by molar-refractivity contribution is 5.95. The van der Waals surface area contributed by atoms with E-state index in [9.17, 15) is 9.90 Å². The van der Waals surface area contributed by atoms with E-state index in [-0.39, 0.29) is 17.6 Å². The summed E-state index contributed by atoms with van der Waals surface area (Å²) in [7, 11) is 0. The molecule has 4 rings (SSSR count). The minimum atomic E-state index is -0.281. The maximum absolute atomic E-state index is 12.4. The summed E-state index contributed by atoms with van der Waals surface area (Å²) in [5, 5.41) is 12.4. The summed E-state index contributed by atoms with van der Waals surface area (Å²) >= 11 is 0. The molecule has 1 saturated heterocycles. The first kappa shape index (κ1) is 14.9. The molecule has 24 heavy (non-hydrogen) atoms. The monoisotopic (exact) mass is 324 g/mol. The van der Waals surface area contributed by atoms with E-state index in [1.54, 1.807) is 4.90 Å². The van der Waals surface area contributed by atoms with Gasteiger partial charge in [0.2, 0.25) is 0 Å². The van der Waals surface area contributed by atoms with Crippen molar-refractivity contribution in [2.75, 3.05) is 11.4 Å². The topological polar surface area (TPSA) is 78.4 Å². The number of nitrogens with zero attached hydrogens (tertiary/aromatic N) is 3. The highest BCUT2D eigenvalue weighted by Gasteiger charge is 2.45. The number of aromatic hydroxyl groups is 1. The highest BCUT2D eigenvalue weighted by atomic mass is 16.3. The Balaban J connectivity index is 1.46. The summed E-state index contributed by atoms with van der Waals surface area (Å²) in [6.45, 7) is 0.626. The first-order valence-corrected chi connectivity index (χ1v) is 8.31. The van der Waals surface area contributed by atoms with E-state index in [1.807, 2.05) is 6.07 Å². The number of nitrogens with one attached hydrogen (secondary N) is 1. The quantitative estimate of drug-likeness (QED) is 0.890. The van der Waals surface area contributed by atoms with Gasteiger partial charge in [0.15, 0.2) is 0 Å². The molecule has 2 aromatic rings. The van der Waals surface area contributed by atoms with E-state index in [4.69, 9.17) is 0 Å². The molecule has 6 heteroatoms. The zero-order valence-corrected chi connectivity index (χ0v) is 13.4. The van der Waals surface area contributed by atoms with Gasteiger partial charge < -0.3 is 10.4 Å². The third-order valence-electron chi connectivity index (χ3n) is 5.23. The summed E-state index contributed by atoms with van der Waals surface area (Å²) in [6, 6.07) is 10.2. The molecule has 124 valence electrons. The van der Waals surface area contributed by atoms with Gasteiger partial charge in [-0.15, -0.1) is 0 Å². The molecular formula is C18H20N4O2. The van der Waals surface area contributed by atoms with Crippen LogP contribution in [0.15, 0.2) is 42.7 Å². The maximum atomic E-state index is 12.4. The van der Waals surface area contributed by atoms with E-state index in [0.29, 0.717) is 18.2 Å². The van der Waals surface area contributed by atoms with Crippen molar-refractivity contribution in [2.24, 2.45) is 0 Å². The smallest absolute Gasteiger partial charge is 0.322 e. The number of hydrogen-bond acceptors (Lipinski definition) is 4. The van der Waals surface area contributed by atoms with E-state index in [2.05, 4.69) is 39.6 Å². The second-order valence-electron chi connectivity index (χ2n) is 6.72. The number of hydrogen-bond donors (Lipinski definition) is 2. The number of rotatable bonds is 2. The Labute approximate surface area is 140 Å². The molecule has 1 aliphatic heterocycles. The van der Waals surface area contributed by atoms with Crippen molar-refractivity contribution in [3.8, 4) is 6.01 Å². The van der Waals surface area contributed by atoms with Crippen LogP contribution in [0.2, 0.25) is 0 Å². The van der Waals surface area contributed by atoms with Crippen LogP contribution < -0.4 is 10.2 Å². The summed E-state index contributed by atoms with van der Waals surface area (Å²) in [5.41, 5.74) is 1.84. The molecule has 6 nitrogen and oxygen atoms in total. The Morgan fingerprint density at radius 3 is 2.46 bits per heavy atom. The Kier molecular flexibility index (Phi) is 3.59. The average Bonchev–Trinajstić information content (AvgIpc) is 2.93. The number of benzene rings is 1. The van der Waals surface area contributed by atoms with Gasteiger partial charge in [0, 0.05) is 0 Å². The molecule has 0 unspecified atom stereocenters. The Bertz CT molecular complexity index is 724. The molecule has 1 saturated carbocycles. The van der Waals surface area contributed by atoms with Crippen LogP contribution >= 0.6 is 0 Å². The Morgan fingerprint density at radius 1 is 1.12 bits per heavy atom. The van der Waals surface area contributed by atoms with Crippen LogP contribution in [0.5, 0.6) is 6.01 Å². The lowest BCUT2D eigenvalue weighted by Crippen LogP contribution is -2.46. The summed E-state index contributed by atoms with van der Waals surface area (Å²) in [5.74, 6) is 0.569. The molecule has 2 amide bonds. The van der Waals surface area contributed by atoms with Crippen molar-refractivity contribution >= 4 is 11.7 Å². The van der Waals surface area contributed by atoms with Crippen LogP contribution in [0.1, 0.15) is 37.2 Å². The van der Waals surface area contributed by atoms with Crippen molar-refractivity contribution in [1.29, 1.82) is 0 Å². The summed E-state index contributed by atoms with van der Waals surface area (Å²) < 4.78 is 0. The number of aromatic nitrogens is 2. The molecule has 1 aromatic carbocycles. The Morgan fingerprint density at radius 2 is 1.79 bits per heavy atom. The van der Waals surface area contributed by atoms with Crippen LogP contribution in [0.25, 0.3) is 0 Å². The standard InChI is InChI=1S/C18H20N4O2/c23-16-19-10-15(11-20-16)22-12-18(21-17(22)24)8-6-14(7-9-18)13-4-2-1-3-5-13/h1-5,10-11,14H,6-9,12H2,(H,21,24)(H,19,20,23). The van der Waals surface area contributed by atoms with Crippen LogP contribution in [0.3, 0.4) is 0 Å². The van der Waals surface area contributed by atoms with Crippen molar-refractivity contribution < 1.29 is 9.90 Å². The molecule has 2 aliphatic rings. The molecule has 1 aromatic heterocycles. The second-order valence-corrected chi connectivity index (χ2v) is 6.72. The van der Waals surface area contributed by atoms with E-state index in [0.717, 1.165) is 25.7 Å². The Hall–Kier alpha value is -2.63. The molecule has 1 spiro atoms. The highest BCUT2D eigenvalue weighted by Crippen LogP contribution is 2.40. The molecule has 2 fully saturated rings. The summed E-state index contributed by atoms with van der Waals surface area (Å²) in [6.07, 6.45) is 7.04. The third-order valence-corrected chi connectivity index (χ3v) is 5.23. The molecule has 1 aliphatic carbocycles. The number of anilines is 1. The van der Waals surface area contributed by atoms with Gasteiger partial charge in [0.25, 0.3) is 0 Å². The minimum absolute atomic E-state index is 0.109. The normalized spacial score (nSPS) is 26.6. The van der Waals surface area contributed by atoms with Crippen molar-refractivity contribution in [1.82, 2.24) is 15.3 Å². The zero-order chi connectivity index (χ0) is 16.6. The predicted octanol–water partition coefficient (Wildman–Crippen LogP) is 2.81. The van der Waals surface area contributed by atoms with E-state index >= 15 is 0 Å². The lowest BCUT2D eigenvalue weighted by molar-refractivity contribution is 0.231. The van der Waals surface area contributed by atoms with Gasteiger partial charge in [-0.1, -0.05) is 30.3 Å². The minimum Gasteiger partial charge on any atom is -0.479 e. The molecule has 2 N–H and O–H groups in total. The molecular weight excluding hydrogens is 304 g/mol. The number of carbonyl (C=O) groups excluding carboxylic acids is 1. The fraction of sp³-hybridized carbons (Fsp3) is 0.389. The van der Waals surface area contributed by atoms with Crippen LogP contribution in [-0.2, 0) is 0 Å². The van der Waals surface area contributed by atoms with Gasteiger partial charge in [-0.3, -0.25) is 4.90 Å². The predicted molar refractivity (Wildman–Crippen MR) is 90.0 cm³/mol. The number of amides is 2. The largest absolute Gasteiger partial charge is 0.479 e. The van der Waals surface area contributed by atoms with Crippen molar-refractivity contribution in [2.45, 2.75) is 37.1 Å². The lowest BCUT2D eigenvalue weighted by atomic mass is 9.74. The van der Waals surface area contributed by atoms with Crippen molar-refractivity contribution in [3.05, 3.63) is 48.3 Å². The van der Waals surface area contributed by atoms with E-state index in [1.165, 1.54) is 18.0 Å². The van der Waals surface area contributed by atoms with Gasteiger partial charge in [-0.25, -0.2) is 14.8 Å². The van der Waals surface area contributed by atoms with Gasteiger partial charge in [-0.05, 0) is 37.2 Å². The van der Waals surface area contributed by atoms with Crippen LogP contribution in [0.4, 0.5) is 10.5 Å². The van der Waals surface area contributed by atoms with Gasteiger partial charge in [-0.2, -0.15) is 0 Å². The first-order valence-electron chi connectivity index (χ1n) is 8.31. The molecule has 2 heterocycles. The van der Waals surface area contributed by atoms with Crippen LogP contribution in [0, 0.1) is 0 Å². The van der Waals surface area contributed by atoms with E-state index < -0.39 is 0 Å². The van der Waals surface area contributed by atoms with Crippen LogP contribution in [-0.4, -0.2) is 33.2 Å². The molecule has 0 radical (unpaired) electrons. The number of urea groups is 1. The fourth-order valence-electron chi connectivity index (χ4n) is 3.88.